The molecule has 3 aliphatic rings. The van der Waals surface area contributed by atoms with Gasteiger partial charge in [0.2, 0.25) is 10.0 Å². The van der Waals surface area contributed by atoms with Gasteiger partial charge in [-0.3, -0.25) is 4.99 Å². The summed E-state index contributed by atoms with van der Waals surface area (Å²) in [5.41, 5.74) is 0.895. The summed E-state index contributed by atoms with van der Waals surface area (Å²) in [6, 6.07) is 1.60. The molecule has 1 aliphatic heterocycles. The van der Waals surface area contributed by atoms with Gasteiger partial charge in [-0.2, -0.15) is 4.31 Å². The summed E-state index contributed by atoms with van der Waals surface area (Å²) in [6.45, 7) is 6.05. The highest BCUT2D eigenvalue weighted by Gasteiger charge is 2.48. The molecule has 0 unspecified atom stereocenters. The Morgan fingerprint density at radius 3 is 2.55 bits per heavy atom. The molecule has 4 rings (SSSR count). The highest BCUT2D eigenvalue weighted by molar-refractivity contribution is 14.0. The summed E-state index contributed by atoms with van der Waals surface area (Å²) in [4.78, 5) is 7.18. The zero-order valence-corrected chi connectivity index (χ0v) is 20.2. The first-order valence-electron chi connectivity index (χ1n) is 10.4. The third kappa shape index (κ3) is 5.25. The quantitative estimate of drug-likeness (QED) is 0.326. The van der Waals surface area contributed by atoms with Crippen molar-refractivity contribution in [2.45, 2.75) is 44.8 Å². The van der Waals surface area contributed by atoms with Gasteiger partial charge in [0, 0.05) is 45.3 Å². The van der Waals surface area contributed by atoms with E-state index in [-0.39, 0.29) is 29.7 Å². The molecule has 2 aliphatic carbocycles. The molecule has 3 fully saturated rings. The molecular weight excluding hydrogens is 505 g/mol. The number of piperazine rings is 1. The third-order valence-electron chi connectivity index (χ3n) is 6.42. The fourth-order valence-electron chi connectivity index (χ4n) is 4.45. The average Bonchev–Trinajstić information content (AvgIpc) is 3.37. The van der Waals surface area contributed by atoms with Crippen LogP contribution in [0, 0.1) is 11.3 Å². The Balaban J connectivity index is 0.00000240. The Morgan fingerprint density at radius 2 is 2.03 bits per heavy atom. The molecule has 0 bridgehead atoms. The normalized spacial score (nSPS) is 22.7. The smallest absolute Gasteiger partial charge is 0.220 e. The van der Waals surface area contributed by atoms with Crippen molar-refractivity contribution in [3.05, 3.63) is 18.0 Å². The van der Waals surface area contributed by atoms with E-state index < -0.39 is 10.0 Å². The van der Waals surface area contributed by atoms with Gasteiger partial charge in [-0.05, 0) is 43.9 Å². The predicted octanol–water partition coefficient (Wildman–Crippen LogP) is 2.29. The molecule has 0 atom stereocenters. The molecule has 2 saturated carbocycles. The fraction of sp³-hybridized carbons (Fsp3) is 0.789. The molecule has 1 aromatic heterocycles. The monoisotopic (exact) mass is 537 g/mol. The molecule has 10 heteroatoms. The maximum atomic E-state index is 12.6. The van der Waals surface area contributed by atoms with Crippen molar-refractivity contribution in [2.75, 3.05) is 39.3 Å². The minimum Gasteiger partial charge on any atom is -0.364 e. The van der Waals surface area contributed by atoms with E-state index in [0.717, 1.165) is 25.0 Å². The van der Waals surface area contributed by atoms with Crippen LogP contribution in [0.25, 0.3) is 0 Å². The van der Waals surface area contributed by atoms with Crippen molar-refractivity contribution in [1.29, 1.82) is 0 Å². The summed E-state index contributed by atoms with van der Waals surface area (Å²) in [6.07, 6.45) is 8.11. The van der Waals surface area contributed by atoms with Crippen LogP contribution in [0.2, 0.25) is 0 Å². The first-order valence-corrected chi connectivity index (χ1v) is 12.0. The van der Waals surface area contributed by atoms with Crippen molar-refractivity contribution in [3.8, 4) is 0 Å². The van der Waals surface area contributed by atoms with Crippen LogP contribution in [-0.4, -0.2) is 68.0 Å². The summed E-state index contributed by atoms with van der Waals surface area (Å²) in [5.74, 6) is 1.70. The molecule has 0 spiro atoms. The standard InChI is InChI=1S/C19H31N5O3S.HI/c1-2-20-18(21-15-19(7-3-8-19)16-4-5-16)23-9-11-24(12-10-23)28(25,26)14-17-6-13-27-22-17;/h6,13,16H,2-5,7-12,14-15H2,1H3,(H,20,21);1H. The minimum atomic E-state index is -3.38. The Labute approximate surface area is 190 Å². The lowest BCUT2D eigenvalue weighted by molar-refractivity contribution is 0.112. The summed E-state index contributed by atoms with van der Waals surface area (Å²) < 4.78 is 31.5. The van der Waals surface area contributed by atoms with E-state index in [4.69, 9.17) is 9.52 Å². The molecule has 1 aromatic rings. The molecule has 29 heavy (non-hydrogen) atoms. The topological polar surface area (TPSA) is 91.0 Å². The Kier molecular flexibility index (Phi) is 7.47. The number of rotatable bonds is 7. The summed E-state index contributed by atoms with van der Waals surface area (Å²) in [7, 11) is -3.38. The lowest BCUT2D eigenvalue weighted by Crippen LogP contribution is -2.54. The zero-order chi connectivity index (χ0) is 19.6. The molecule has 2 heterocycles. The van der Waals surface area contributed by atoms with Gasteiger partial charge in [-0.1, -0.05) is 11.6 Å². The largest absolute Gasteiger partial charge is 0.364 e. The van der Waals surface area contributed by atoms with E-state index in [2.05, 4.69) is 22.3 Å². The number of nitrogens with zero attached hydrogens (tertiary/aromatic N) is 4. The molecule has 0 radical (unpaired) electrons. The molecule has 164 valence electrons. The number of aliphatic imine (C=N–C) groups is 1. The van der Waals surface area contributed by atoms with E-state index >= 15 is 0 Å². The van der Waals surface area contributed by atoms with Gasteiger partial charge < -0.3 is 14.7 Å². The van der Waals surface area contributed by atoms with E-state index in [9.17, 15) is 8.42 Å². The molecule has 0 aromatic carbocycles. The number of halogens is 1. The molecule has 1 saturated heterocycles. The highest BCUT2D eigenvalue weighted by atomic mass is 127. The number of guanidine groups is 1. The number of aromatic nitrogens is 1. The van der Waals surface area contributed by atoms with E-state index in [0.29, 0.717) is 37.3 Å². The third-order valence-corrected chi connectivity index (χ3v) is 8.24. The fourth-order valence-corrected chi connectivity index (χ4v) is 5.87. The van der Waals surface area contributed by atoms with E-state index in [1.807, 2.05) is 0 Å². The van der Waals surface area contributed by atoms with Gasteiger partial charge in [-0.25, -0.2) is 8.42 Å². The van der Waals surface area contributed by atoms with Crippen LogP contribution in [0.1, 0.15) is 44.7 Å². The van der Waals surface area contributed by atoms with Crippen LogP contribution in [0.15, 0.2) is 21.8 Å². The lowest BCUT2D eigenvalue weighted by Gasteiger charge is -2.42. The molecule has 0 amide bonds. The lowest BCUT2D eigenvalue weighted by atomic mass is 9.65. The zero-order valence-electron chi connectivity index (χ0n) is 17.0. The van der Waals surface area contributed by atoms with Crippen LogP contribution in [0.3, 0.4) is 0 Å². The number of sulfonamides is 1. The van der Waals surface area contributed by atoms with Crippen molar-refractivity contribution in [1.82, 2.24) is 19.7 Å². The minimum absolute atomic E-state index is 0. The maximum absolute atomic E-state index is 12.6. The highest BCUT2D eigenvalue weighted by Crippen LogP contribution is 2.57. The van der Waals surface area contributed by atoms with Crippen molar-refractivity contribution < 1.29 is 12.9 Å². The molecule has 1 N–H and O–H groups in total. The maximum Gasteiger partial charge on any atom is 0.220 e. The second kappa shape index (κ2) is 9.51. The van der Waals surface area contributed by atoms with Gasteiger partial charge in [0.1, 0.15) is 12.0 Å². The molecule has 8 nitrogen and oxygen atoms in total. The Bertz CT molecular complexity index is 783. The Morgan fingerprint density at radius 1 is 1.31 bits per heavy atom. The van der Waals surface area contributed by atoms with Gasteiger partial charge in [-0.15, -0.1) is 24.0 Å². The second-order valence-corrected chi connectivity index (χ2v) is 10.3. The van der Waals surface area contributed by atoms with Gasteiger partial charge >= 0.3 is 0 Å². The summed E-state index contributed by atoms with van der Waals surface area (Å²) in [5, 5.41) is 7.13. The first kappa shape index (κ1) is 22.8. The van der Waals surface area contributed by atoms with Crippen LogP contribution < -0.4 is 5.32 Å². The van der Waals surface area contributed by atoms with Gasteiger partial charge in [0.15, 0.2) is 5.96 Å². The average molecular weight is 537 g/mol. The van der Waals surface area contributed by atoms with Gasteiger partial charge in [0.05, 0.1) is 5.69 Å². The SMILES string of the molecule is CCNC(=NCC1(C2CC2)CCC1)N1CCN(S(=O)(=O)Cc2ccon2)CC1.I. The van der Waals surface area contributed by atoms with Gasteiger partial charge in [0.25, 0.3) is 0 Å². The van der Waals surface area contributed by atoms with E-state index in [1.54, 1.807) is 10.4 Å². The van der Waals surface area contributed by atoms with Crippen molar-refractivity contribution in [3.63, 3.8) is 0 Å². The van der Waals surface area contributed by atoms with Crippen LogP contribution >= 0.6 is 24.0 Å². The number of hydrogen-bond donors (Lipinski definition) is 1. The van der Waals surface area contributed by atoms with Crippen LogP contribution in [0.5, 0.6) is 0 Å². The van der Waals surface area contributed by atoms with Crippen molar-refractivity contribution >= 4 is 40.0 Å². The predicted molar refractivity (Wildman–Crippen MR) is 123 cm³/mol. The van der Waals surface area contributed by atoms with E-state index in [1.165, 1.54) is 38.4 Å². The summed E-state index contributed by atoms with van der Waals surface area (Å²) >= 11 is 0. The van der Waals surface area contributed by atoms with Crippen LogP contribution in [-0.2, 0) is 15.8 Å². The number of nitrogens with one attached hydrogen (secondary N) is 1. The second-order valence-electron chi connectivity index (χ2n) is 8.29. The number of hydrogen-bond acceptors (Lipinski definition) is 5. The van der Waals surface area contributed by atoms with Crippen molar-refractivity contribution in [2.24, 2.45) is 16.3 Å². The molecular formula is C19H32IN5O3S. The Hall–Kier alpha value is -0.880. The van der Waals surface area contributed by atoms with Crippen LogP contribution in [0.4, 0.5) is 0 Å². The first-order chi connectivity index (χ1) is 13.5.